The van der Waals surface area contributed by atoms with E-state index in [9.17, 15) is 22.8 Å². The van der Waals surface area contributed by atoms with Crippen LogP contribution in [-0.2, 0) is 22.3 Å². The Hall–Kier alpha value is -2.87. The molecule has 3 unspecified atom stereocenters. The largest absolute Gasteiger partial charge is 0.416 e. The van der Waals surface area contributed by atoms with Gasteiger partial charge in [0.25, 0.3) is 5.91 Å². The first-order valence-corrected chi connectivity index (χ1v) is 15.8. The highest BCUT2D eigenvalue weighted by molar-refractivity contribution is 5.92. The van der Waals surface area contributed by atoms with E-state index in [2.05, 4.69) is 39.1 Å². The van der Waals surface area contributed by atoms with Crippen molar-refractivity contribution in [2.45, 2.75) is 111 Å². The quantitative estimate of drug-likeness (QED) is 0.254. The molecule has 0 saturated carbocycles. The number of halogens is 3. The molecule has 3 rings (SSSR count). The Kier molecular flexibility index (Phi) is 14.2. The second-order valence-electron chi connectivity index (χ2n) is 12.2. The van der Waals surface area contributed by atoms with Crippen LogP contribution in [0.1, 0.15) is 119 Å². The van der Waals surface area contributed by atoms with Gasteiger partial charge in [-0.05, 0) is 84.7 Å². The van der Waals surface area contributed by atoms with Crippen LogP contribution in [0.2, 0.25) is 0 Å². The van der Waals surface area contributed by atoms with Crippen LogP contribution in [0, 0.1) is 17.8 Å². The first-order valence-electron chi connectivity index (χ1n) is 15.8. The molecule has 240 valence electrons. The van der Waals surface area contributed by atoms with Crippen LogP contribution in [0.25, 0.3) is 0 Å². The van der Waals surface area contributed by atoms with Crippen LogP contribution >= 0.6 is 0 Å². The highest BCUT2D eigenvalue weighted by Crippen LogP contribution is 2.38. The number of rotatable bonds is 12. The van der Waals surface area contributed by atoms with Gasteiger partial charge in [-0.1, -0.05) is 85.1 Å². The van der Waals surface area contributed by atoms with Crippen molar-refractivity contribution in [3.8, 4) is 0 Å². The van der Waals surface area contributed by atoms with Crippen molar-refractivity contribution >= 4 is 11.8 Å². The summed E-state index contributed by atoms with van der Waals surface area (Å²) in [5.41, 5.74) is 5.96. The summed E-state index contributed by atoms with van der Waals surface area (Å²) in [4.78, 5) is 24.0. The zero-order valence-corrected chi connectivity index (χ0v) is 26.7. The van der Waals surface area contributed by atoms with Crippen molar-refractivity contribution in [2.24, 2.45) is 23.5 Å². The standard InChI is InChI=1S/C21H30F3NO2.C14H21NO/c1-5-15(4)17-9-10-20(14(2)3,27-13-17)19(26)25-12-16-7-6-8-18(11-16)21(22,23)24;1-3-6-11(7-4-2)12-8-5-9-13(10-12)14(15)16/h6-8,11,14-15,17H,5,9-10,12-13H2,1-4H3,(H,25,26);5,8-11H,3-4,6-7H2,1-2H3,(H2,15,16). The predicted molar refractivity (Wildman–Crippen MR) is 167 cm³/mol. The van der Waals surface area contributed by atoms with Gasteiger partial charge in [0.05, 0.1) is 12.2 Å². The summed E-state index contributed by atoms with van der Waals surface area (Å²) in [5.74, 6) is 0.957. The average molecular weight is 605 g/mol. The highest BCUT2D eigenvalue weighted by atomic mass is 19.4. The molecule has 3 atom stereocenters. The van der Waals surface area contributed by atoms with Crippen LogP contribution in [0.5, 0.6) is 0 Å². The monoisotopic (exact) mass is 604 g/mol. The maximum absolute atomic E-state index is 12.9. The summed E-state index contributed by atoms with van der Waals surface area (Å²) in [6.45, 7) is 13.2. The molecule has 0 aliphatic carbocycles. The van der Waals surface area contributed by atoms with E-state index in [1.807, 2.05) is 26.0 Å². The van der Waals surface area contributed by atoms with Crippen molar-refractivity contribution in [2.75, 3.05) is 6.61 Å². The summed E-state index contributed by atoms with van der Waals surface area (Å²) in [6.07, 6.45) is 2.93. The molecular weight excluding hydrogens is 553 g/mol. The van der Waals surface area contributed by atoms with Crippen molar-refractivity contribution in [1.29, 1.82) is 0 Å². The minimum Gasteiger partial charge on any atom is -0.366 e. The van der Waals surface area contributed by atoms with E-state index in [1.54, 1.807) is 12.1 Å². The Morgan fingerprint density at radius 3 is 2.19 bits per heavy atom. The van der Waals surface area contributed by atoms with Gasteiger partial charge >= 0.3 is 6.18 Å². The topological polar surface area (TPSA) is 81.4 Å². The minimum absolute atomic E-state index is 0.0168. The van der Waals surface area contributed by atoms with Crippen molar-refractivity contribution in [3.63, 3.8) is 0 Å². The average Bonchev–Trinajstić information content (AvgIpc) is 2.99. The lowest BCUT2D eigenvalue weighted by Gasteiger charge is -2.43. The molecule has 1 saturated heterocycles. The fourth-order valence-corrected chi connectivity index (χ4v) is 5.80. The minimum atomic E-state index is -4.39. The van der Waals surface area contributed by atoms with E-state index in [4.69, 9.17) is 10.5 Å². The van der Waals surface area contributed by atoms with Gasteiger partial charge in [-0.15, -0.1) is 0 Å². The number of carbonyl (C=O) groups is 2. The Bertz CT molecular complexity index is 1150. The number of benzene rings is 2. The molecule has 0 radical (unpaired) electrons. The van der Waals surface area contributed by atoms with Gasteiger partial charge < -0.3 is 15.8 Å². The Balaban J connectivity index is 0.000000344. The number of amides is 2. The number of alkyl halides is 3. The van der Waals surface area contributed by atoms with E-state index in [1.165, 1.54) is 37.3 Å². The van der Waals surface area contributed by atoms with Crippen molar-refractivity contribution < 1.29 is 27.5 Å². The summed E-state index contributed by atoms with van der Waals surface area (Å²) in [6, 6.07) is 12.8. The van der Waals surface area contributed by atoms with E-state index in [0.717, 1.165) is 25.0 Å². The van der Waals surface area contributed by atoms with Gasteiger partial charge in [0.1, 0.15) is 5.60 Å². The maximum Gasteiger partial charge on any atom is 0.416 e. The molecule has 1 fully saturated rings. The highest BCUT2D eigenvalue weighted by Gasteiger charge is 2.46. The van der Waals surface area contributed by atoms with E-state index >= 15 is 0 Å². The van der Waals surface area contributed by atoms with Gasteiger partial charge in [-0.3, -0.25) is 9.59 Å². The summed E-state index contributed by atoms with van der Waals surface area (Å²) < 4.78 is 44.6. The Morgan fingerprint density at radius 1 is 1.02 bits per heavy atom. The first-order chi connectivity index (χ1) is 20.3. The third-order valence-electron chi connectivity index (χ3n) is 8.83. The number of hydrogen-bond acceptors (Lipinski definition) is 3. The number of carbonyl (C=O) groups excluding carboxylic acids is 2. The summed E-state index contributed by atoms with van der Waals surface area (Å²) >= 11 is 0. The molecule has 2 aromatic rings. The van der Waals surface area contributed by atoms with Gasteiger partial charge in [0.15, 0.2) is 0 Å². The number of nitrogens with two attached hydrogens (primary N) is 1. The van der Waals surface area contributed by atoms with Crippen LogP contribution in [0.3, 0.4) is 0 Å². The van der Waals surface area contributed by atoms with Crippen LogP contribution in [-0.4, -0.2) is 24.0 Å². The van der Waals surface area contributed by atoms with Crippen LogP contribution in [0.4, 0.5) is 13.2 Å². The third-order valence-corrected chi connectivity index (χ3v) is 8.83. The fourth-order valence-electron chi connectivity index (χ4n) is 5.80. The molecule has 1 aliphatic heterocycles. The second kappa shape index (κ2) is 16.8. The SMILES string of the molecule is CCC(C)C1CCC(C(=O)NCc2cccc(C(F)(F)F)c2)(C(C)C)OC1.CCCC(CCC)c1cccc(C(N)=O)c1. The lowest BCUT2D eigenvalue weighted by molar-refractivity contribution is -0.170. The van der Waals surface area contributed by atoms with Crippen LogP contribution in [0.15, 0.2) is 48.5 Å². The number of hydrogen-bond donors (Lipinski definition) is 2. The Morgan fingerprint density at radius 2 is 1.67 bits per heavy atom. The normalized spacial score (nSPS) is 19.5. The molecule has 3 N–H and O–H groups in total. The van der Waals surface area contributed by atoms with Gasteiger partial charge in [-0.25, -0.2) is 0 Å². The zero-order chi connectivity index (χ0) is 32.2. The molecule has 1 aliphatic rings. The van der Waals surface area contributed by atoms with Gasteiger partial charge in [-0.2, -0.15) is 13.2 Å². The number of primary amides is 1. The molecule has 43 heavy (non-hydrogen) atoms. The molecule has 2 amide bonds. The molecule has 0 spiro atoms. The Labute approximate surface area is 256 Å². The predicted octanol–water partition coefficient (Wildman–Crippen LogP) is 8.66. The molecule has 5 nitrogen and oxygen atoms in total. The van der Waals surface area contributed by atoms with E-state index in [-0.39, 0.29) is 24.3 Å². The zero-order valence-electron chi connectivity index (χ0n) is 26.7. The molecule has 1 heterocycles. The lowest BCUT2D eigenvalue weighted by atomic mass is 9.76. The molecule has 0 bridgehead atoms. The van der Waals surface area contributed by atoms with Crippen molar-refractivity contribution in [3.05, 3.63) is 70.8 Å². The lowest BCUT2D eigenvalue weighted by Crippen LogP contribution is -2.55. The summed E-state index contributed by atoms with van der Waals surface area (Å²) in [5, 5.41) is 2.80. The molecular formula is C35H51F3N2O3. The smallest absolute Gasteiger partial charge is 0.366 e. The number of nitrogens with one attached hydrogen (secondary N) is 1. The van der Waals surface area contributed by atoms with Crippen LogP contribution < -0.4 is 11.1 Å². The van der Waals surface area contributed by atoms with Crippen molar-refractivity contribution in [1.82, 2.24) is 5.32 Å². The second-order valence-corrected chi connectivity index (χ2v) is 12.2. The van der Waals surface area contributed by atoms with E-state index < -0.39 is 17.3 Å². The van der Waals surface area contributed by atoms with E-state index in [0.29, 0.717) is 41.9 Å². The van der Waals surface area contributed by atoms with Gasteiger partial charge in [0.2, 0.25) is 5.91 Å². The fraction of sp³-hybridized carbons (Fsp3) is 0.600. The first kappa shape index (κ1) is 36.3. The summed E-state index contributed by atoms with van der Waals surface area (Å²) in [7, 11) is 0. The molecule has 8 heteroatoms. The molecule has 2 aromatic carbocycles. The molecule has 0 aromatic heterocycles. The number of ether oxygens (including phenoxy) is 1. The van der Waals surface area contributed by atoms with Gasteiger partial charge in [0, 0.05) is 12.1 Å². The maximum atomic E-state index is 12.9. The third kappa shape index (κ3) is 10.4.